The van der Waals surface area contributed by atoms with Gasteiger partial charge in [-0.3, -0.25) is 0 Å². The number of pyridine rings is 1. The summed E-state index contributed by atoms with van der Waals surface area (Å²) in [6.45, 7) is 0. The number of halogens is 2. The summed E-state index contributed by atoms with van der Waals surface area (Å²) in [5.41, 5.74) is 0.420. The van der Waals surface area contributed by atoms with Crippen molar-refractivity contribution in [3.63, 3.8) is 0 Å². The first-order chi connectivity index (χ1) is 6.24. The van der Waals surface area contributed by atoms with Crippen LogP contribution in [0.4, 0.5) is 4.39 Å². The van der Waals surface area contributed by atoms with Crippen molar-refractivity contribution in [2.45, 2.75) is 6.42 Å². The van der Waals surface area contributed by atoms with Crippen LogP contribution in [0.3, 0.4) is 0 Å². The standard InChI is InChI=1S/C9H7ClFNS/c10-9-7(3-1-2-4-13)5-8(11)6-12-9/h5-6,13H,2,4H2. The van der Waals surface area contributed by atoms with Crippen LogP contribution in [0.2, 0.25) is 5.15 Å². The van der Waals surface area contributed by atoms with Crippen molar-refractivity contribution in [2.24, 2.45) is 0 Å². The molecule has 1 aromatic rings. The number of aromatic nitrogens is 1. The van der Waals surface area contributed by atoms with E-state index in [1.807, 2.05) is 0 Å². The molecular weight excluding hydrogens is 209 g/mol. The van der Waals surface area contributed by atoms with Gasteiger partial charge in [-0.15, -0.1) is 0 Å². The van der Waals surface area contributed by atoms with Crippen molar-refractivity contribution in [3.05, 3.63) is 28.8 Å². The molecule has 0 aliphatic carbocycles. The molecule has 0 radical (unpaired) electrons. The average molecular weight is 216 g/mol. The molecule has 0 fully saturated rings. The molecular formula is C9H7ClFNS. The molecule has 0 spiro atoms. The fourth-order valence-electron chi connectivity index (χ4n) is 0.724. The zero-order valence-corrected chi connectivity index (χ0v) is 8.37. The first-order valence-electron chi connectivity index (χ1n) is 3.65. The molecule has 0 N–H and O–H groups in total. The van der Waals surface area contributed by atoms with Crippen molar-refractivity contribution in [1.82, 2.24) is 4.98 Å². The van der Waals surface area contributed by atoms with Gasteiger partial charge in [0.25, 0.3) is 0 Å². The third kappa shape index (κ3) is 3.25. The van der Waals surface area contributed by atoms with Gasteiger partial charge in [0.2, 0.25) is 0 Å². The fraction of sp³-hybridized carbons (Fsp3) is 0.222. The Bertz CT molecular complexity index is 356. The van der Waals surface area contributed by atoms with Gasteiger partial charge in [-0.05, 0) is 6.07 Å². The Morgan fingerprint density at radius 2 is 2.38 bits per heavy atom. The van der Waals surface area contributed by atoms with E-state index in [0.717, 1.165) is 6.20 Å². The Hall–Kier alpha value is -0.720. The summed E-state index contributed by atoms with van der Waals surface area (Å²) in [4.78, 5) is 3.63. The lowest BCUT2D eigenvalue weighted by molar-refractivity contribution is 0.621. The molecule has 13 heavy (non-hydrogen) atoms. The summed E-state index contributed by atoms with van der Waals surface area (Å²) in [7, 11) is 0. The fourth-order valence-corrected chi connectivity index (χ4v) is 0.986. The maximum absolute atomic E-state index is 12.7. The monoisotopic (exact) mass is 215 g/mol. The van der Waals surface area contributed by atoms with E-state index in [1.54, 1.807) is 0 Å². The molecule has 0 bridgehead atoms. The molecule has 1 heterocycles. The zero-order chi connectivity index (χ0) is 9.68. The molecule has 1 nitrogen and oxygen atoms in total. The molecule has 1 aromatic heterocycles. The first kappa shape index (κ1) is 10.4. The van der Waals surface area contributed by atoms with Crippen molar-refractivity contribution in [3.8, 4) is 11.8 Å². The van der Waals surface area contributed by atoms with Gasteiger partial charge < -0.3 is 0 Å². The Morgan fingerprint density at radius 3 is 3.08 bits per heavy atom. The van der Waals surface area contributed by atoms with Gasteiger partial charge in [0, 0.05) is 12.2 Å². The van der Waals surface area contributed by atoms with Gasteiger partial charge in [0.15, 0.2) is 0 Å². The SMILES string of the molecule is Fc1cnc(Cl)c(C#CCCS)c1. The molecule has 0 amide bonds. The number of hydrogen-bond acceptors (Lipinski definition) is 2. The summed E-state index contributed by atoms with van der Waals surface area (Å²) in [6, 6.07) is 1.26. The van der Waals surface area contributed by atoms with Crippen molar-refractivity contribution < 1.29 is 4.39 Å². The van der Waals surface area contributed by atoms with Gasteiger partial charge in [-0.1, -0.05) is 23.4 Å². The van der Waals surface area contributed by atoms with Crippen LogP contribution in [0.5, 0.6) is 0 Å². The summed E-state index contributed by atoms with van der Waals surface area (Å²) in [5, 5.41) is 0.230. The second kappa shape index (κ2) is 5.11. The van der Waals surface area contributed by atoms with Gasteiger partial charge in [0.1, 0.15) is 11.0 Å². The Morgan fingerprint density at radius 1 is 1.62 bits per heavy atom. The Kier molecular flexibility index (Phi) is 4.07. The van der Waals surface area contributed by atoms with Crippen molar-refractivity contribution in [2.75, 3.05) is 5.75 Å². The van der Waals surface area contributed by atoms with Crippen LogP contribution in [0.1, 0.15) is 12.0 Å². The molecule has 0 aromatic carbocycles. The van der Waals surface area contributed by atoms with Crippen LogP contribution in [0.15, 0.2) is 12.3 Å². The molecule has 0 atom stereocenters. The highest BCUT2D eigenvalue weighted by molar-refractivity contribution is 7.80. The summed E-state index contributed by atoms with van der Waals surface area (Å²) >= 11 is 9.66. The van der Waals surface area contributed by atoms with Gasteiger partial charge in [-0.25, -0.2) is 9.37 Å². The van der Waals surface area contributed by atoms with Crippen LogP contribution < -0.4 is 0 Å². The van der Waals surface area contributed by atoms with E-state index in [4.69, 9.17) is 11.6 Å². The Labute approximate surface area is 86.7 Å². The zero-order valence-electron chi connectivity index (χ0n) is 6.72. The highest BCUT2D eigenvalue weighted by Gasteiger charge is 1.99. The third-order valence-corrected chi connectivity index (χ3v) is 1.79. The number of rotatable bonds is 1. The summed E-state index contributed by atoms with van der Waals surface area (Å²) in [6.07, 6.45) is 1.71. The van der Waals surface area contributed by atoms with Crippen molar-refractivity contribution in [1.29, 1.82) is 0 Å². The molecule has 1 rings (SSSR count). The molecule has 0 saturated heterocycles. The highest BCUT2D eigenvalue weighted by atomic mass is 35.5. The number of hydrogen-bond donors (Lipinski definition) is 1. The topological polar surface area (TPSA) is 12.9 Å². The van der Waals surface area contributed by atoms with Crippen LogP contribution >= 0.6 is 24.2 Å². The van der Waals surface area contributed by atoms with E-state index >= 15 is 0 Å². The lowest BCUT2D eigenvalue weighted by Gasteiger charge is -1.93. The minimum Gasteiger partial charge on any atom is -0.240 e. The van der Waals surface area contributed by atoms with E-state index in [0.29, 0.717) is 17.7 Å². The smallest absolute Gasteiger partial charge is 0.144 e. The number of thiol groups is 1. The lowest BCUT2D eigenvalue weighted by atomic mass is 10.3. The molecule has 68 valence electrons. The molecule has 0 aliphatic heterocycles. The second-order valence-corrected chi connectivity index (χ2v) is 3.07. The van der Waals surface area contributed by atoms with E-state index in [1.165, 1.54) is 6.07 Å². The lowest BCUT2D eigenvalue weighted by Crippen LogP contribution is -1.85. The Balaban J connectivity index is 2.89. The van der Waals surface area contributed by atoms with Crippen LogP contribution in [-0.2, 0) is 0 Å². The van der Waals surface area contributed by atoms with Crippen LogP contribution in [0.25, 0.3) is 0 Å². The van der Waals surface area contributed by atoms with Crippen LogP contribution in [-0.4, -0.2) is 10.7 Å². The molecule has 0 unspecified atom stereocenters. The van der Waals surface area contributed by atoms with E-state index in [2.05, 4.69) is 29.5 Å². The predicted molar refractivity (Wildman–Crippen MR) is 54.6 cm³/mol. The van der Waals surface area contributed by atoms with E-state index < -0.39 is 5.82 Å². The largest absolute Gasteiger partial charge is 0.240 e. The summed E-state index contributed by atoms with van der Waals surface area (Å²) in [5.74, 6) is 5.77. The van der Waals surface area contributed by atoms with E-state index in [-0.39, 0.29) is 5.15 Å². The average Bonchev–Trinajstić information content (AvgIpc) is 2.11. The molecule has 4 heteroatoms. The minimum atomic E-state index is -0.431. The molecule has 0 aliphatic rings. The minimum absolute atomic E-state index is 0.230. The maximum Gasteiger partial charge on any atom is 0.144 e. The highest BCUT2D eigenvalue weighted by Crippen LogP contribution is 2.11. The van der Waals surface area contributed by atoms with Gasteiger partial charge >= 0.3 is 0 Å². The first-order valence-corrected chi connectivity index (χ1v) is 4.66. The maximum atomic E-state index is 12.7. The summed E-state index contributed by atoms with van der Waals surface area (Å²) < 4.78 is 12.7. The van der Waals surface area contributed by atoms with Crippen molar-refractivity contribution >= 4 is 24.2 Å². The predicted octanol–water partition coefficient (Wildman–Crippen LogP) is 2.55. The molecule has 0 saturated carbocycles. The number of nitrogens with zero attached hydrogens (tertiary/aromatic N) is 1. The third-order valence-electron chi connectivity index (χ3n) is 1.27. The van der Waals surface area contributed by atoms with Gasteiger partial charge in [-0.2, -0.15) is 12.6 Å². The quantitative estimate of drug-likeness (QED) is 0.432. The normalized spacial score (nSPS) is 9.15. The second-order valence-electron chi connectivity index (χ2n) is 2.27. The van der Waals surface area contributed by atoms with Crippen LogP contribution in [0, 0.1) is 17.7 Å². The van der Waals surface area contributed by atoms with E-state index in [9.17, 15) is 4.39 Å². The van der Waals surface area contributed by atoms with Gasteiger partial charge in [0.05, 0.1) is 11.8 Å².